The van der Waals surface area contributed by atoms with Crippen molar-refractivity contribution < 1.29 is 19.8 Å². The molecule has 9 nitrogen and oxygen atoms in total. The van der Waals surface area contributed by atoms with Crippen LogP contribution in [0, 0.1) is 0 Å². The van der Waals surface area contributed by atoms with Gasteiger partial charge >= 0.3 is 0 Å². The third-order valence-corrected chi connectivity index (χ3v) is 3.21. The molecule has 1 aromatic heterocycles. The van der Waals surface area contributed by atoms with Crippen LogP contribution >= 0.6 is 0 Å². The highest BCUT2D eigenvalue weighted by molar-refractivity contribution is 6.23. The highest BCUT2D eigenvalue weighted by Crippen LogP contribution is 2.20. The second-order valence-electron chi connectivity index (χ2n) is 4.76. The Hall–Kier alpha value is -3.33. The normalized spacial score (nSPS) is 17.4. The Labute approximate surface area is 130 Å². The largest absolute Gasteiger partial charge is 0.494 e. The number of H-pyrrole nitrogens is 1. The number of amides is 2. The van der Waals surface area contributed by atoms with E-state index < -0.39 is 29.6 Å². The predicted octanol–water partition coefficient (Wildman–Crippen LogP) is -0.220. The molecule has 1 aliphatic heterocycles. The Balaban J connectivity index is 1.75. The first-order valence-electron chi connectivity index (χ1n) is 6.64. The molecule has 1 unspecified atom stereocenters. The van der Waals surface area contributed by atoms with Crippen molar-refractivity contribution in [2.45, 2.75) is 6.35 Å². The fourth-order valence-corrected chi connectivity index (χ4v) is 2.10. The molecule has 0 radical (unpaired) electrons. The van der Waals surface area contributed by atoms with Gasteiger partial charge in [0.25, 0.3) is 11.8 Å². The van der Waals surface area contributed by atoms with Gasteiger partial charge in [-0.05, 0) is 17.7 Å². The number of hydrogen-bond acceptors (Lipinski definition) is 6. The molecule has 0 saturated heterocycles. The van der Waals surface area contributed by atoms with Crippen LogP contribution in [-0.2, 0) is 9.59 Å². The Morgan fingerprint density at radius 1 is 1.17 bits per heavy atom. The molecule has 2 aromatic rings. The van der Waals surface area contributed by atoms with Gasteiger partial charge < -0.3 is 26.2 Å². The van der Waals surface area contributed by atoms with Crippen molar-refractivity contribution in [3.63, 3.8) is 0 Å². The Morgan fingerprint density at radius 2 is 1.91 bits per heavy atom. The van der Waals surface area contributed by atoms with E-state index in [0.717, 1.165) is 11.1 Å². The van der Waals surface area contributed by atoms with E-state index in [4.69, 9.17) is 0 Å². The fraction of sp³-hybridized carbons (Fsp3) is 0.0714. The summed E-state index contributed by atoms with van der Waals surface area (Å²) in [6, 6.07) is 6.86. The number of aliphatic hydroxyl groups excluding tert-OH is 2. The summed E-state index contributed by atoms with van der Waals surface area (Å²) in [7, 11) is 0. The molecule has 6 N–H and O–H groups in total. The number of hydrogen-bond donors (Lipinski definition) is 6. The number of carbonyl (C=O) groups excluding carboxylic acids is 2. The zero-order chi connectivity index (χ0) is 16.4. The maximum atomic E-state index is 12.1. The highest BCUT2D eigenvalue weighted by atomic mass is 16.3. The van der Waals surface area contributed by atoms with Gasteiger partial charge in [0.05, 0.1) is 6.20 Å². The van der Waals surface area contributed by atoms with E-state index in [2.05, 4.69) is 26.1 Å². The lowest BCUT2D eigenvalue weighted by Crippen LogP contribution is -2.52. The second kappa shape index (κ2) is 5.81. The molecule has 23 heavy (non-hydrogen) atoms. The second-order valence-corrected chi connectivity index (χ2v) is 4.76. The van der Waals surface area contributed by atoms with Crippen LogP contribution in [0.25, 0.3) is 11.1 Å². The van der Waals surface area contributed by atoms with Crippen molar-refractivity contribution in [2.24, 2.45) is 0 Å². The summed E-state index contributed by atoms with van der Waals surface area (Å²) in [6.07, 6.45) is 1.97. The van der Waals surface area contributed by atoms with E-state index in [0.29, 0.717) is 5.69 Å². The zero-order valence-electron chi connectivity index (χ0n) is 11.7. The average molecular weight is 315 g/mol. The summed E-state index contributed by atoms with van der Waals surface area (Å²) in [5, 5.41) is 32.1. The Morgan fingerprint density at radius 3 is 2.52 bits per heavy atom. The van der Waals surface area contributed by atoms with Crippen LogP contribution < -0.4 is 16.0 Å². The van der Waals surface area contributed by atoms with Crippen LogP contribution in [0.2, 0.25) is 0 Å². The van der Waals surface area contributed by atoms with Crippen molar-refractivity contribution in [3.8, 4) is 11.1 Å². The predicted molar refractivity (Wildman–Crippen MR) is 79.6 cm³/mol. The summed E-state index contributed by atoms with van der Waals surface area (Å²) in [4.78, 5) is 23.7. The Bertz CT molecular complexity index is 767. The van der Waals surface area contributed by atoms with Crippen LogP contribution in [0.5, 0.6) is 0 Å². The number of aliphatic hydroxyl groups is 2. The first-order chi connectivity index (χ1) is 11.0. The lowest BCUT2D eigenvalue weighted by Gasteiger charge is -2.22. The number of nitrogens with one attached hydrogen (secondary N) is 4. The van der Waals surface area contributed by atoms with Crippen LogP contribution in [0.3, 0.4) is 0 Å². The quantitative estimate of drug-likeness (QED) is 0.433. The van der Waals surface area contributed by atoms with E-state index in [-0.39, 0.29) is 0 Å². The molecule has 3 rings (SSSR count). The van der Waals surface area contributed by atoms with E-state index in [1.807, 2.05) is 0 Å². The standard InChI is InChI=1S/C14H13N5O4/c20-11(10-12(21)18-14(23)19-13(10)22)17-9-3-1-7(2-4-9)8-5-15-16-6-8/h1-6,14,18,21,23H,(H,15,16)(H,17,20)(H,19,22). The van der Waals surface area contributed by atoms with Crippen molar-refractivity contribution in [1.82, 2.24) is 20.8 Å². The number of aromatic nitrogens is 2. The topological polar surface area (TPSA) is 139 Å². The number of nitrogens with zero attached hydrogens (tertiary/aromatic N) is 1. The van der Waals surface area contributed by atoms with E-state index in [1.54, 1.807) is 36.7 Å². The molecule has 1 aliphatic rings. The maximum Gasteiger partial charge on any atom is 0.266 e. The van der Waals surface area contributed by atoms with E-state index in [9.17, 15) is 19.8 Å². The van der Waals surface area contributed by atoms with Gasteiger partial charge in [0.15, 0.2) is 5.57 Å². The van der Waals surface area contributed by atoms with Crippen molar-refractivity contribution in [1.29, 1.82) is 0 Å². The zero-order valence-corrected chi connectivity index (χ0v) is 11.7. The third kappa shape index (κ3) is 2.99. The maximum absolute atomic E-state index is 12.1. The van der Waals surface area contributed by atoms with Crippen molar-refractivity contribution >= 4 is 17.5 Å². The molecule has 1 atom stereocenters. The summed E-state index contributed by atoms with van der Waals surface area (Å²) < 4.78 is 0. The number of anilines is 1. The van der Waals surface area contributed by atoms with E-state index in [1.165, 1.54) is 0 Å². The molecule has 1 aromatic carbocycles. The molecule has 0 bridgehead atoms. The minimum absolute atomic E-state index is 0.446. The number of carbonyl (C=O) groups is 2. The minimum atomic E-state index is -1.44. The lowest BCUT2D eigenvalue weighted by atomic mass is 10.1. The summed E-state index contributed by atoms with van der Waals surface area (Å²) in [6.45, 7) is 0. The van der Waals surface area contributed by atoms with Crippen LogP contribution in [0.1, 0.15) is 0 Å². The van der Waals surface area contributed by atoms with Gasteiger partial charge in [-0.3, -0.25) is 14.7 Å². The SMILES string of the molecule is O=C(Nc1ccc(-c2cn[nH]c2)cc1)C1=C(O)NC(O)NC1=O. The number of rotatable bonds is 3. The molecule has 0 spiro atoms. The van der Waals surface area contributed by atoms with Crippen LogP contribution in [-0.4, -0.2) is 38.6 Å². The van der Waals surface area contributed by atoms with Gasteiger partial charge in [0, 0.05) is 17.4 Å². The highest BCUT2D eigenvalue weighted by Gasteiger charge is 2.30. The molecule has 0 fully saturated rings. The summed E-state index contributed by atoms with van der Waals surface area (Å²) in [5.41, 5.74) is 1.74. The van der Waals surface area contributed by atoms with E-state index >= 15 is 0 Å². The smallest absolute Gasteiger partial charge is 0.266 e. The van der Waals surface area contributed by atoms with Crippen molar-refractivity contribution in [3.05, 3.63) is 48.1 Å². The van der Waals surface area contributed by atoms with Gasteiger partial charge in [0.1, 0.15) is 0 Å². The number of aromatic amines is 1. The van der Waals surface area contributed by atoms with Crippen LogP contribution in [0.15, 0.2) is 48.1 Å². The lowest BCUT2D eigenvalue weighted by molar-refractivity contribution is -0.125. The molecular formula is C14H13N5O4. The van der Waals surface area contributed by atoms with Gasteiger partial charge in [-0.2, -0.15) is 5.10 Å². The van der Waals surface area contributed by atoms with Gasteiger partial charge in [-0.15, -0.1) is 0 Å². The van der Waals surface area contributed by atoms with Crippen molar-refractivity contribution in [2.75, 3.05) is 5.32 Å². The molecule has 0 aliphatic carbocycles. The fourth-order valence-electron chi connectivity index (χ4n) is 2.10. The summed E-state index contributed by atoms with van der Waals surface area (Å²) >= 11 is 0. The van der Waals surface area contributed by atoms with Gasteiger partial charge in [-0.1, -0.05) is 12.1 Å². The monoisotopic (exact) mass is 315 g/mol. The first kappa shape index (κ1) is 14.6. The molecule has 9 heteroatoms. The number of benzene rings is 1. The summed E-state index contributed by atoms with van der Waals surface area (Å²) in [5.74, 6) is -2.36. The molecule has 0 saturated carbocycles. The molecule has 2 heterocycles. The minimum Gasteiger partial charge on any atom is -0.494 e. The molecular weight excluding hydrogens is 302 g/mol. The molecule has 2 amide bonds. The molecule has 118 valence electrons. The van der Waals surface area contributed by atoms with Crippen LogP contribution in [0.4, 0.5) is 5.69 Å². The van der Waals surface area contributed by atoms with Gasteiger partial charge in [-0.25, -0.2) is 0 Å². The Kier molecular flexibility index (Phi) is 3.69. The average Bonchev–Trinajstić information content (AvgIpc) is 3.01. The third-order valence-electron chi connectivity index (χ3n) is 3.21. The van der Waals surface area contributed by atoms with Gasteiger partial charge in [0.2, 0.25) is 12.2 Å². The first-order valence-corrected chi connectivity index (χ1v) is 6.64.